The Bertz CT molecular complexity index is 239. The number of hydrogen-bond acceptors (Lipinski definition) is 5. The number of carbonyl (C=O) groups is 1. The smallest absolute Gasteiger partial charge is 0.320 e. The topological polar surface area (TPSA) is 71.0 Å². The quantitative estimate of drug-likeness (QED) is 0.461. The van der Waals surface area contributed by atoms with E-state index in [-0.39, 0.29) is 0 Å². The second-order valence-electron chi connectivity index (χ2n) is 4.81. The van der Waals surface area contributed by atoms with Gasteiger partial charge in [-0.1, -0.05) is 6.92 Å². The molecule has 0 aliphatic heterocycles. The van der Waals surface area contributed by atoms with Crippen LogP contribution in [0.3, 0.4) is 0 Å². The second-order valence-corrected chi connectivity index (χ2v) is 4.81. The van der Waals surface area contributed by atoms with E-state index >= 15 is 0 Å². The fourth-order valence-corrected chi connectivity index (χ4v) is 1.93. The van der Waals surface area contributed by atoms with Crippen LogP contribution in [0.15, 0.2) is 0 Å². The second kappa shape index (κ2) is 13.3. The molecule has 0 saturated carbocycles. The molecule has 0 rings (SSSR count). The van der Waals surface area contributed by atoms with Gasteiger partial charge >= 0.3 is 5.97 Å². The molecule has 0 aromatic carbocycles. The minimum atomic E-state index is -0.776. The van der Waals surface area contributed by atoms with Crippen molar-refractivity contribution in [2.45, 2.75) is 32.2 Å². The maximum absolute atomic E-state index is 11.2. The molecule has 0 saturated heterocycles. The Morgan fingerprint density at radius 2 is 1.90 bits per heavy atom. The Morgan fingerprint density at radius 1 is 1.20 bits per heavy atom. The lowest BCUT2D eigenvalue weighted by Crippen LogP contribution is -2.41. The highest BCUT2D eigenvalue weighted by Gasteiger charge is 2.17. The van der Waals surface area contributed by atoms with Crippen LogP contribution in [-0.2, 0) is 14.3 Å². The number of hydrogen-bond donors (Lipinski definition) is 2. The van der Waals surface area contributed by atoms with Crippen LogP contribution >= 0.6 is 0 Å². The first-order valence-corrected chi connectivity index (χ1v) is 7.32. The molecule has 1 unspecified atom stereocenters. The van der Waals surface area contributed by atoms with Crippen LogP contribution in [0.2, 0.25) is 0 Å². The lowest BCUT2D eigenvalue weighted by Gasteiger charge is -2.24. The van der Waals surface area contributed by atoms with Crippen molar-refractivity contribution in [3.63, 3.8) is 0 Å². The molecule has 0 amide bonds. The zero-order chi connectivity index (χ0) is 15.2. The Morgan fingerprint density at radius 3 is 2.45 bits per heavy atom. The summed E-state index contributed by atoms with van der Waals surface area (Å²) in [6.07, 6.45) is 2.48. The highest BCUT2D eigenvalue weighted by atomic mass is 16.5. The minimum absolute atomic E-state index is 0.470. The van der Waals surface area contributed by atoms with Crippen molar-refractivity contribution >= 4 is 5.97 Å². The van der Waals surface area contributed by atoms with E-state index in [4.69, 9.17) is 9.47 Å². The van der Waals surface area contributed by atoms with E-state index in [0.29, 0.717) is 13.0 Å². The maximum Gasteiger partial charge on any atom is 0.320 e. The first-order chi connectivity index (χ1) is 9.65. The number of nitrogens with one attached hydrogen (secondary N) is 1. The van der Waals surface area contributed by atoms with Crippen molar-refractivity contribution in [1.29, 1.82) is 0 Å². The fraction of sp³-hybridized carbons (Fsp3) is 0.929. The third kappa shape index (κ3) is 10.1. The molecule has 0 bridgehead atoms. The Balaban J connectivity index is 4.13. The summed E-state index contributed by atoms with van der Waals surface area (Å²) in [7, 11) is 3.37. The summed E-state index contributed by atoms with van der Waals surface area (Å²) in [5.41, 5.74) is 0. The third-order valence-electron chi connectivity index (χ3n) is 3.11. The minimum Gasteiger partial charge on any atom is -0.480 e. The van der Waals surface area contributed by atoms with Gasteiger partial charge in [0, 0.05) is 40.5 Å². The molecule has 6 nitrogen and oxygen atoms in total. The SMILES string of the molecule is CCCNC(CCN(CCCOC)CCOC)C(=O)O. The number of ether oxygens (including phenoxy) is 2. The van der Waals surface area contributed by atoms with E-state index in [0.717, 1.165) is 45.6 Å². The van der Waals surface area contributed by atoms with Crippen LogP contribution < -0.4 is 5.32 Å². The average Bonchev–Trinajstić information content (AvgIpc) is 2.43. The van der Waals surface area contributed by atoms with Crippen LogP contribution in [0.1, 0.15) is 26.2 Å². The van der Waals surface area contributed by atoms with Crippen molar-refractivity contribution in [1.82, 2.24) is 10.2 Å². The lowest BCUT2D eigenvalue weighted by atomic mass is 10.2. The summed E-state index contributed by atoms with van der Waals surface area (Å²) in [4.78, 5) is 13.4. The molecule has 6 heteroatoms. The summed E-state index contributed by atoms with van der Waals surface area (Å²) in [6, 6.07) is -0.470. The number of nitrogens with zero attached hydrogens (tertiary/aromatic N) is 1. The van der Waals surface area contributed by atoms with Gasteiger partial charge in [0.25, 0.3) is 0 Å². The van der Waals surface area contributed by atoms with Gasteiger partial charge in [0.2, 0.25) is 0 Å². The van der Waals surface area contributed by atoms with Crippen LogP contribution in [-0.4, -0.2) is 75.6 Å². The molecular formula is C14H30N2O4. The molecule has 0 aliphatic rings. The van der Waals surface area contributed by atoms with Crippen molar-refractivity contribution < 1.29 is 19.4 Å². The highest BCUT2D eigenvalue weighted by Crippen LogP contribution is 2.00. The van der Waals surface area contributed by atoms with Crippen molar-refractivity contribution in [3.05, 3.63) is 0 Å². The zero-order valence-electron chi connectivity index (χ0n) is 13.1. The molecule has 0 aromatic rings. The summed E-state index contributed by atoms with van der Waals surface area (Å²) >= 11 is 0. The predicted octanol–water partition coefficient (Wildman–Crippen LogP) is 0.814. The summed E-state index contributed by atoms with van der Waals surface area (Å²) in [5, 5.41) is 12.2. The number of carboxylic acid groups (broad SMARTS) is 1. The molecule has 0 aliphatic carbocycles. The lowest BCUT2D eigenvalue weighted by molar-refractivity contribution is -0.139. The van der Waals surface area contributed by atoms with E-state index in [1.165, 1.54) is 0 Å². The highest BCUT2D eigenvalue weighted by molar-refractivity contribution is 5.73. The molecular weight excluding hydrogens is 260 g/mol. The predicted molar refractivity (Wildman–Crippen MR) is 79.1 cm³/mol. The molecule has 0 heterocycles. The molecule has 0 aromatic heterocycles. The van der Waals surface area contributed by atoms with Gasteiger partial charge in [-0.05, 0) is 25.8 Å². The molecule has 120 valence electrons. The number of rotatable bonds is 14. The van der Waals surface area contributed by atoms with Gasteiger partial charge in [-0.15, -0.1) is 0 Å². The summed E-state index contributed by atoms with van der Waals surface area (Å²) in [6.45, 7) is 6.62. The molecule has 0 fully saturated rings. The van der Waals surface area contributed by atoms with Gasteiger partial charge in [-0.3, -0.25) is 4.79 Å². The molecule has 20 heavy (non-hydrogen) atoms. The summed E-state index contributed by atoms with van der Waals surface area (Å²) in [5.74, 6) is -0.776. The van der Waals surface area contributed by atoms with E-state index in [2.05, 4.69) is 10.2 Å². The molecule has 0 radical (unpaired) electrons. The van der Waals surface area contributed by atoms with Gasteiger partial charge in [0.1, 0.15) is 6.04 Å². The average molecular weight is 290 g/mol. The van der Waals surface area contributed by atoms with Gasteiger partial charge in [-0.25, -0.2) is 0 Å². The summed E-state index contributed by atoms with van der Waals surface area (Å²) < 4.78 is 10.1. The fourth-order valence-electron chi connectivity index (χ4n) is 1.93. The first kappa shape index (κ1) is 19.3. The van der Waals surface area contributed by atoms with Gasteiger partial charge in [0.05, 0.1) is 6.61 Å². The van der Waals surface area contributed by atoms with E-state index in [1.54, 1.807) is 14.2 Å². The van der Waals surface area contributed by atoms with Crippen LogP contribution in [0, 0.1) is 0 Å². The standard InChI is InChI=1S/C14H30N2O4/c1-4-7-15-13(14(17)18)6-9-16(10-12-20-3)8-5-11-19-2/h13,15H,4-12H2,1-3H3,(H,17,18). The van der Waals surface area contributed by atoms with Crippen molar-refractivity contribution in [2.75, 3.05) is 53.6 Å². The van der Waals surface area contributed by atoms with Crippen molar-refractivity contribution in [2.24, 2.45) is 0 Å². The monoisotopic (exact) mass is 290 g/mol. The Labute approximate surface area is 122 Å². The Hall–Kier alpha value is -0.690. The number of carboxylic acids is 1. The third-order valence-corrected chi connectivity index (χ3v) is 3.11. The van der Waals surface area contributed by atoms with E-state index in [9.17, 15) is 9.90 Å². The van der Waals surface area contributed by atoms with Gasteiger partial charge in [0.15, 0.2) is 0 Å². The largest absolute Gasteiger partial charge is 0.480 e. The first-order valence-electron chi connectivity index (χ1n) is 7.32. The van der Waals surface area contributed by atoms with Crippen molar-refractivity contribution in [3.8, 4) is 0 Å². The molecule has 2 N–H and O–H groups in total. The van der Waals surface area contributed by atoms with Crippen LogP contribution in [0.4, 0.5) is 0 Å². The molecule has 1 atom stereocenters. The van der Waals surface area contributed by atoms with E-state index < -0.39 is 12.0 Å². The maximum atomic E-state index is 11.2. The van der Waals surface area contributed by atoms with Crippen LogP contribution in [0.5, 0.6) is 0 Å². The number of aliphatic carboxylic acids is 1. The normalized spacial score (nSPS) is 12.8. The molecule has 0 spiro atoms. The van der Waals surface area contributed by atoms with Crippen LogP contribution in [0.25, 0.3) is 0 Å². The van der Waals surface area contributed by atoms with Gasteiger partial charge < -0.3 is 24.8 Å². The van der Waals surface area contributed by atoms with E-state index in [1.807, 2.05) is 6.92 Å². The number of methoxy groups -OCH3 is 2. The zero-order valence-corrected chi connectivity index (χ0v) is 13.1. The van der Waals surface area contributed by atoms with Gasteiger partial charge in [-0.2, -0.15) is 0 Å². The Kier molecular flexibility index (Phi) is 12.8.